The van der Waals surface area contributed by atoms with E-state index in [1.807, 2.05) is 0 Å². The van der Waals surface area contributed by atoms with Crippen LogP contribution in [0.15, 0.2) is 0 Å². The number of hydrogen-bond acceptors (Lipinski definition) is 38. The molecule has 4 aliphatic rings. The van der Waals surface area contributed by atoms with Gasteiger partial charge in [0.25, 0.3) is 0 Å². The van der Waals surface area contributed by atoms with Gasteiger partial charge in [-0.3, -0.25) is 35.8 Å². The van der Waals surface area contributed by atoms with Crippen molar-refractivity contribution in [3.63, 3.8) is 0 Å². The van der Waals surface area contributed by atoms with Crippen LogP contribution >= 0.6 is 37.0 Å². The van der Waals surface area contributed by atoms with Gasteiger partial charge in [0, 0.05) is 13.8 Å². The molecule has 48 heteroatoms. The van der Waals surface area contributed by atoms with Gasteiger partial charge < -0.3 is 69.3 Å². The highest BCUT2D eigenvalue weighted by Gasteiger charge is 2.60. The van der Waals surface area contributed by atoms with Crippen LogP contribution in [0.25, 0.3) is 0 Å². The lowest BCUT2D eigenvalue weighted by atomic mass is 9.92. The van der Waals surface area contributed by atoms with Crippen LogP contribution < -0.4 is 10.6 Å². The van der Waals surface area contributed by atoms with Gasteiger partial charge in [-0.25, -0.2) is 37.9 Å². The van der Waals surface area contributed by atoms with Gasteiger partial charge in [0.05, 0.1) is 25.4 Å². The molecule has 0 aliphatic carbocycles. The Kier molecular flexibility index (Phi) is 26.3. The number of rotatable bonds is 30. The highest BCUT2D eigenvalue weighted by atomic mass is 32.3. The average molecular weight is 1260 g/mol. The molecule has 42 nitrogen and oxygen atoms in total. The van der Waals surface area contributed by atoms with Crippen LogP contribution in [0.3, 0.4) is 0 Å². The topological polar surface area (TPSA) is 593 Å². The zero-order valence-electron chi connectivity index (χ0n) is 38.2. The maximum Gasteiger partial charge on any atom is 0.397 e. The Hall–Kier alpha value is -2.34. The van der Waals surface area contributed by atoms with Gasteiger partial charge in [0.15, 0.2) is 68.0 Å². The number of carbonyl (C=O) groups excluding carboxylic acids is 2. The Morgan fingerprint density at radius 2 is 0.922 bits per heavy atom. The van der Waals surface area contributed by atoms with E-state index in [-0.39, 0.29) is 24.6 Å². The predicted octanol–water partition coefficient (Wildman–Crippen LogP) is -5.70. The number of carbonyl (C=O) groups is 4. The van der Waals surface area contributed by atoms with E-state index < -0.39 is 203 Å². The molecule has 448 valence electrons. The molecular weight excluding hydrogens is 1210 g/mol. The third-order valence-electron chi connectivity index (χ3n) is 10.4. The fraction of sp³-hybridized carbons (Fsp3) is 0.862. The van der Waals surface area contributed by atoms with E-state index in [1.54, 1.807) is 0 Å². The SMILES string of the molecule is CC(=O)NC1C(C)OC(COS(=O)(=O)O)C(OSOOO)C1OC1OC(C(=O)O)C(OC2OC(COS(=O)(=O)O)C(OS(=O)(=O)O)C(OC3OC(C(=O)O)C(O)C(OSOOO)C3O)C2NC(C)=O)C(OSOOO)C1O. The molecule has 4 saturated heterocycles. The minimum atomic E-state index is -5.88. The second-order valence-corrected chi connectivity index (χ2v) is 20.0. The zero-order valence-corrected chi connectivity index (χ0v) is 43.1. The molecule has 0 aromatic rings. The minimum absolute atomic E-state index is 0.209. The van der Waals surface area contributed by atoms with Crippen molar-refractivity contribution < 1.29 is 186 Å². The van der Waals surface area contributed by atoms with Gasteiger partial charge in [0.2, 0.25) is 11.8 Å². The van der Waals surface area contributed by atoms with E-state index >= 15 is 0 Å². The predicted molar refractivity (Wildman–Crippen MR) is 227 cm³/mol. The molecule has 77 heavy (non-hydrogen) atoms. The molecule has 20 atom stereocenters. The summed E-state index contributed by atoms with van der Waals surface area (Å²) in [6, 6.07) is -3.90. The molecule has 4 aliphatic heterocycles. The zero-order chi connectivity index (χ0) is 57.7. The number of amides is 2. The molecule has 20 unspecified atom stereocenters. The second kappa shape index (κ2) is 30.1. The van der Waals surface area contributed by atoms with Crippen molar-refractivity contribution in [2.24, 2.45) is 0 Å². The summed E-state index contributed by atoms with van der Waals surface area (Å²) < 4.78 is 182. The first-order valence-corrected chi connectivity index (χ1v) is 26.4. The quantitative estimate of drug-likeness (QED) is 0.0105. The van der Waals surface area contributed by atoms with Crippen molar-refractivity contribution in [1.82, 2.24) is 10.6 Å². The first kappa shape index (κ1) is 67.2. The monoisotopic (exact) mass is 1250 g/mol. The second-order valence-electron chi connectivity index (χ2n) is 15.4. The summed E-state index contributed by atoms with van der Waals surface area (Å²) in [6.45, 7) is 0.188. The molecule has 0 aromatic heterocycles. The highest BCUT2D eigenvalue weighted by Crippen LogP contribution is 2.39. The Labute approximate surface area is 443 Å². The number of hydrogen-bond donors (Lipinski definition) is 13. The maximum atomic E-state index is 13.2. The van der Waals surface area contributed by atoms with Crippen molar-refractivity contribution in [3.8, 4) is 0 Å². The maximum absolute atomic E-state index is 13.2. The largest absolute Gasteiger partial charge is 0.479 e. The van der Waals surface area contributed by atoms with Crippen molar-refractivity contribution >= 4 is 91.9 Å². The smallest absolute Gasteiger partial charge is 0.397 e. The van der Waals surface area contributed by atoms with Crippen LogP contribution in [-0.4, -0.2) is 240 Å². The molecule has 0 radical (unpaired) electrons. The van der Waals surface area contributed by atoms with E-state index in [4.69, 9.17) is 65.7 Å². The van der Waals surface area contributed by atoms with Gasteiger partial charge in [-0.2, -0.15) is 25.3 Å². The van der Waals surface area contributed by atoms with Crippen LogP contribution in [-0.2, 0) is 137 Å². The lowest BCUT2D eigenvalue weighted by Gasteiger charge is -2.50. The fourth-order valence-corrected chi connectivity index (χ4v) is 9.84. The molecule has 2 amide bonds. The van der Waals surface area contributed by atoms with Gasteiger partial charge in [-0.1, -0.05) is 15.1 Å². The summed E-state index contributed by atoms with van der Waals surface area (Å²) in [5.41, 5.74) is 0. The van der Waals surface area contributed by atoms with E-state index in [1.165, 1.54) is 6.92 Å². The van der Waals surface area contributed by atoms with E-state index in [0.29, 0.717) is 0 Å². The summed E-state index contributed by atoms with van der Waals surface area (Å²) in [5, 5.41) is 95.3. The number of carboxylic acids is 2. The molecule has 4 rings (SSSR count). The Bertz CT molecular complexity index is 2270. The van der Waals surface area contributed by atoms with Gasteiger partial charge in [0.1, 0.15) is 79.3 Å². The van der Waals surface area contributed by atoms with E-state index in [0.717, 1.165) is 13.8 Å². The number of aliphatic hydroxyl groups is 3. The van der Waals surface area contributed by atoms with Crippen molar-refractivity contribution in [2.45, 2.75) is 143 Å². The first-order chi connectivity index (χ1) is 35.9. The van der Waals surface area contributed by atoms with Crippen LogP contribution in [0.4, 0.5) is 0 Å². The Morgan fingerprint density at radius 1 is 0.506 bits per heavy atom. The molecule has 4 heterocycles. The molecule has 0 aromatic carbocycles. The number of nitrogens with one attached hydrogen (secondary N) is 2. The highest BCUT2D eigenvalue weighted by molar-refractivity contribution is 7.90. The average Bonchev–Trinajstić information content (AvgIpc) is 3.30. The molecule has 0 bridgehead atoms. The molecule has 13 N–H and O–H groups in total. The van der Waals surface area contributed by atoms with Crippen LogP contribution in [0, 0.1) is 0 Å². The van der Waals surface area contributed by atoms with E-state index in [9.17, 15) is 83.6 Å². The van der Waals surface area contributed by atoms with Gasteiger partial charge in [-0.05, 0) is 6.92 Å². The van der Waals surface area contributed by atoms with Crippen molar-refractivity contribution in [1.29, 1.82) is 0 Å². The summed E-state index contributed by atoms with van der Waals surface area (Å²) >= 11 is -0.952. The third-order valence-corrected chi connectivity index (χ3v) is 13.0. The molecular formula is C29H46N2O40S6. The summed E-state index contributed by atoms with van der Waals surface area (Å²) in [7, 11) is -16.7. The van der Waals surface area contributed by atoms with Crippen LogP contribution in [0.2, 0.25) is 0 Å². The number of carboxylic acid groups (broad SMARTS) is 2. The molecule has 0 spiro atoms. The number of ether oxygens (including phenoxy) is 7. The van der Waals surface area contributed by atoms with E-state index in [2.05, 4.69) is 47.1 Å². The Balaban J connectivity index is 1.89. The minimum Gasteiger partial charge on any atom is -0.479 e. The van der Waals surface area contributed by atoms with Crippen molar-refractivity contribution in [2.75, 3.05) is 13.2 Å². The van der Waals surface area contributed by atoms with Gasteiger partial charge >= 0.3 is 43.1 Å². The summed E-state index contributed by atoms with van der Waals surface area (Å²) in [5.74, 6) is -6.20. The van der Waals surface area contributed by atoms with Gasteiger partial charge in [-0.15, -0.1) is 13.0 Å². The molecule has 0 saturated carbocycles. The van der Waals surface area contributed by atoms with Crippen molar-refractivity contribution in [3.05, 3.63) is 0 Å². The number of aliphatic hydroxyl groups excluding tert-OH is 3. The summed E-state index contributed by atoms with van der Waals surface area (Å²) in [4.78, 5) is 50.8. The molecule has 4 fully saturated rings. The Morgan fingerprint density at radius 3 is 1.38 bits per heavy atom. The third kappa shape index (κ3) is 20.0. The van der Waals surface area contributed by atoms with Crippen LogP contribution in [0.1, 0.15) is 20.8 Å². The lowest BCUT2D eigenvalue weighted by Crippen LogP contribution is -2.71. The lowest BCUT2D eigenvalue weighted by molar-refractivity contribution is -0.435. The summed E-state index contributed by atoms with van der Waals surface area (Å²) in [6.07, 6.45) is -42.2. The normalized spacial score (nSPS) is 36.2. The first-order valence-electron chi connectivity index (χ1n) is 20.3. The standard InChI is InChI=1S/C29H46N2O40S6/c1-6-11(30-7(2)32)18(16(62-72-69-66-41)9(55-6)4-53-75(44,45)46)57-29-15(36)21(64-74-71-68-43)23(24(61-29)26(39)40)60-27-12(31-8(3)33)19(17(65-77(50,51)52)10(56-27)5-54-76(47,48)49)58-28-14(35)20(63-73-70-67-42)13(34)22(59-28)25(37)38/h6,9-24,27-29,34-36,41-43H,4-5H2,1-3H3,(H,30,32)(H,31,33)(H,37,38)(H,39,40)(H,44,45,46)(H,47,48,49)(H,50,51,52). The number of aliphatic carboxylic acids is 2. The van der Waals surface area contributed by atoms with Crippen LogP contribution in [0.5, 0.6) is 0 Å². The fourth-order valence-electron chi connectivity index (χ4n) is 7.58.